The molecule has 132 valence electrons. The van der Waals surface area contributed by atoms with E-state index in [1.54, 1.807) is 12.1 Å². The van der Waals surface area contributed by atoms with E-state index < -0.39 is 41.3 Å². The van der Waals surface area contributed by atoms with Crippen LogP contribution in [0.4, 0.5) is 0 Å². The first-order valence-corrected chi connectivity index (χ1v) is 8.21. The van der Waals surface area contributed by atoms with Crippen LogP contribution in [0.5, 0.6) is 0 Å². The number of ether oxygens (including phenoxy) is 1. The van der Waals surface area contributed by atoms with Gasteiger partial charge in [-0.3, -0.25) is 19.2 Å². The van der Waals surface area contributed by atoms with Crippen LogP contribution in [0.2, 0.25) is 5.02 Å². The van der Waals surface area contributed by atoms with Crippen molar-refractivity contribution in [1.82, 2.24) is 5.32 Å². The number of carbonyl (C=O) groups excluding carboxylic acids is 3. The number of amides is 1. The van der Waals surface area contributed by atoms with Crippen molar-refractivity contribution in [3.8, 4) is 0 Å². The van der Waals surface area contributed by atoms with E-state index in [1.165, 1.54) is 6.07 Å². The summed E-state index contributed by atoms with van der Waals surface area (Å²) in [7, 11) is 0. The fraction of sp³-hybridized carbons (Fsp3) is 0.412. The van der Waals surface area contributed by atoms with Gasteiger partial charge < -0.3 is 15.2 Å². The Kier molecular flexibility index (Phi) is 4.62. The van der Waals surface area contributed by atoms with E-state index in [4.69, 9.17) is 21.4 Å². The van der Waals surface area contributed by atoms with Gasteiger partial charge in [0.25, 0.3) is 0 Å². The van der Waals surface area contributed by atoms with Gasteiger partial charge in [-0.2, -0.15) is 0 Å². The molecule has 1 unspecified atom stereocenters. The van der Waals surface area contributed by atoms with Crippen LogP contribution in [0, 0.1) is 5.92 Å². The minimum Gasteiger partial charge on any atom is -0.480 e. The maximum absolute atomic E-state index is 13.1. The zero-order valence-electron chi connectivity index (χ0n) is 13.2. The molecule has 1 atom stereocenters. The summed E-state index contributed by atoms with van der Waals surface area (Å²) < 4.78 is 5.34. The van der Waals surface area contributed by atoms with Gasteiger partial charge in [0, 0.05) is 18.8 Å². The number of carboxylic acids is 1. The molecule has 7 nitrogen and oxygen atoms in total. The normalized spacial score (nSPS) is 21.7. The Morgan fingerprint density at radius 2 is 1.96 bits per heavy atom. The number of nitrogens with one attached hydrogen (secondary N) is 1. The predicted octanol–water partition coefficient (Wildman–Crippen LogP) is 0.971. The lowest BCUT2D eigenvalue weighted by molar-refractivity contribution is -0.142. The number of carboxylic acid groups (broad SMARTS) is 1. The molecule has 1 saturated heterocycles. The van der Waals surface area contributed by atoms with Crippen LogP contribution >= 0.6 is 11.6 Å². The summed E-state index contributed by atoms with van der Waals surface area (Å²) in [6.45, 7) is -0.00786. The van der Waals surface area contributed by atoms with Gasteiger partial charge in [-0.05, 0) is 24.5 Å². The van der Waals surface area contributed by atoms with Crippen LogP contribution in [-0.2, 0) is 24.5 Å². The highest BCUT2D eigenvalue weighted by Gasteiger charge is 2.55. The Balaban J connectivity index is 2.09. The maximum Gasteiger partial charge on any atom is 0.322 e. The van der Waals surface area contributed by atoms with Gasteiger partial charge in [0.2, 0.25) is 5.91 Å². The standard InChI is InChI=1S/C17H16ClNO6/c18-10-3-1-2-9-12(10)14(22)13(16(24)19-8-11(20)21)15(23)17(9)4-6-25-7-5-17/h1-3,13H,4-8H2,(H,19,24)(H,20,21). The molecular weight excluding hydrogens is 350 g/mol. The molecule has 0 radical (unpaired) electrons. The van der Waals surface area contributed by atoms with Gasteiger partial charge in [0.15, 0.2) is 17.5 Å². The van der Waals surface area contributed by atoms with Crippen LogP contribution in [-0.4, -0.2) is 48.3 Å². The smallest absolute Gasteiger partial charge is 0.322 e. The molecule has 1 aromatic carbocycles. The van der Waals surface area contributed by atoms with E-state index in [-0.39, 0.29) is 10.6 Å². The largest absolute Gasteiger partial charge is 0.480 e. The first kappa shape index (κ1) is 17.6. The summed E-state index contributed by atoms with van der Waals surface area (Å²) in [6, 6.07) is 4.89. The van der Waals surface area contributed by atoms with Crippen molar-refractivity contribution in [3.05, 3.63) is 34.3 Å². The number of hydrogen-bond donors (Lipinski definition) is 2. The highest BCUT2D eigenvalue weighted by molar-refractivity contribution is 6.38. The molecule has 1 aromatic rings. The molecule has 1 aliphatic carbocycles. The van der Waals surface area contributed by atoms with Crippen LogP contribution in [0.25, 0.3) is 0 Å². The van der Waals surface area contributed by atoms with Crippen molar-refractivity contribution in [2.45, 2.75) is 18.3 Å². The quantitative estimate of drug-likeness (QED) is 0.772. The number of aliphatic carboxylic acids is 1. The van der Waals surface area contributed by atoms with Crippen LogP contribution in [0.15, 0.2) is 18.2 Å². The van der Waals surface area contributed by atoms with Crippen LogP contribution in [0.1, 0.15) is 28.8 Å². The van der Waals surface area contributed by atoms with E-state index >= 15 is 0 Å². The molecule has 8 heteroatoms. The SMILES string of the molecule is O=C(O)CNC(=O)C1C(=O)c2c(Cl)cccc2C2(CCOCC2)C1=O. The molecule has 0 bridgehead atoms. The summed E-state index contributed by atoms with van der Waals surface area (Å²) in [6.07, 6.45) is 0.685. The third-order valence-electron chi connectivity index (χ3n) is 4.79. The van der Waals surface area contributed by atoms with Crippen LogP contribution in [0.3, 0.4) is 0 Å². The third-order valence-corrected chi connectivity index (χ3v) is 5.11. The number of hydrogen-bond acceptors (Lipinski definition) is 5. The second kappa shape index (κ2) is 6.57. The molecule has 1 spiro atoms. The van der Waals surface area contributed by atoms with Crippen molar-refractivity contribution in [1.29, 1.82) is 0 Å². The molecule has 2 aliphatic rings. The topological polar surface area (TPSA) is 110 Å². The molecule has 0 aromatic heterocycles. The summed E-state index contributed by atoms with van der Waals surface area (Å²) in [5.74, 6) is -4.97. The Labute approximate surface area is 148 Å². The fourth-order valence-corrected chi connectivity index (χ4v) is 3.85. The van der Waals surface area contributed by atoms with E-state index in [0.717, 1.165) is 0 Å². The van der Waals surface area contributed by atoms with Gasteiger partial charge in [-0.25, -0.2) is 0 Å². The number of halogens is 1. The highest BCUT2D eigenvalue weighted by atomic mass is 35.5. The Bertz CT molecular complexity index is 768. The lowest BCUT2D eigenvalue weighted by Crippen LogP contribution is -2.55. The number of benzene rings is 1. The van der Waals surface area contributed by atoms with E-state index in [2.05, 4.69) is 5.32 Å². The maximum atomic E-state index is 13.1. The zero-order valence-corrected chi connectivity index (χ0v) is 14.0. The number of rotatable bonds is 3. The van der Waals surface area contributed by atoms with Gasteiger partial charge >= 0.3 is 5.97 Å². The number of carbonyl (C=O) groups is 4. The number of Topliss-reactive ketones (excluding diaryl/α,β-unsaturated/α-hetero) is 2. The Morgan fingerprint density at radius 1 is 1.28 bits per heavy atom. The summed E-state index contributed by atoms with van der Waals surface area (Å²) >= 11 is 6.20. The highest BCUT2D eigenvalue weighted by Crippen LogP contribution is 2.45. The molecule has 25 heavy (non-hydrogen) atoms. The molecule has 1 amide bonds. The fourth-order valence-electron chi connectivity index (χ4n) is 3.58. The van der Waals surface area contributed by atoms with Gasteiger partial charge in [0.05, 0.1) is 10.4 Å². The first-order valence-electron chi connectivity index (χ1n) is 7.83. The molecule has 0 saturated carbocycles. The second-order valence-electron chi connectivity index (χ2n) is 6.13. The Hall–Kier alpha value is -2.25. The van der Waals surface area contributed by atoms with Crippen molar-refractivity contribution in [2.75, 3.05) is 19.8 Å². The average Bonchev–Trinajstić information content (AvgIpc) is 2.59. The van der Waals surface area contributed by atoms with Crippen LogP contribution < -0.4 is 5.32 Å². The van der Waals surface area contributed by atoms with Crippen molar-refractivity contribution < 1.29 is 29.0 Å². The Morgan fingerprint density at radius 3 is 2.60 bits per heavy atom. The molecule has 1 heterocycles. The number of ketones is 2. The second-order valence-corrected chi connectivity index (χ2v) is 6.54. The van der Waals surface area contributed by atoms with E-state index in [0.29, 0.717) is 31.6 Å². The van der Waals surface area contributed by atoms with Crippen molar-refractivity contribution in [3.63, 3.8) is 0 Å². The van der Waals surface area contributed by atoms with E-state index in [1.807, 2.05) is 0 Å². The molecule has 1 aliphatic heterocycles. The molecule has 3 rings (SSSR count). The van der Waals surface area contributed by atoms with Crippen molar-refractivity contribution in [2.24, 2.45) is 5.92 Å². The summed E-state index contributed by atoms with van der Waals surface area (Å²) in [5, 5.41) is 11.0. The minimum absolute atomic E-state index is 0.168. The predicted molar refractivity (Wildman–Crippen MR) is 86.7 cm³/mol. The molecular formula is C17H16ClNO6. The molecule has 1 fully saturated rings. The lowest BCUT2D eigenvalue weighted by Gasteiger charge is -2.42. The van der Waals surface area contributed by atoms with Gasteiger partial charge in [-0.15, -0.1) is 0 Å². The third kappa shape index (κ3) is 2.83. The summed E-state index contributed by atoms with van der Waals surface area (Å²) in [5.41, 5.74) is -0.320. The zero-order chi connectivity index (χ0) is 18.2. The molecule has 2 N–H and O–H groups in total. The van der Waals surface area contributed by atoms with Gasteiger partial charge in [-0.1, -0.05) is 23.7 Å². The summed E-state index contributed by atoms with van der Waals surface area (Å²) in [4.78, 5) is 49.0. The number of fused-ring (bicyclic) bond motifs is 2. The average molecular weight is 366 g/mol. The monoisotopic (exact) mass is 365 g/mol. The van der Waals surface area contributed by atoms with Crippen molar-refractivity contribution >= 4 is 35.0 Å². The first-order chi connectivity index (χ1) is 11.9. The van der Waals surface area contributed by atoms with Gasteiger partial charge in [0.1, 0.15) is 6.54 Å². The minimum atomic E-state index is -1.59. The van der Waals surface area contributed by atoms with E-state index in [9.17, 15) is 19.2 Å². The lowest BCUT2D eigenvalue weighted by atomic mass is 9.61.